The van der Waals surface area contributed by atoms with Gasteiger partial charge in [-0.15, -0.1) is 0 Å². The zero-order valence-electron chi connectivity index (χ0n) is 10.1. The number of halogens is 1. The molecule has 0 saturated heterocycles. The molecule has 0 bridgehead atoms. The standard InChI is InChI=1S/C14H9BrN2O2/c1-8-10(3-2-4-11(8)15)13-17-12-5-9(7-18)6-16-14(12)19-13/h2-7H,1H3. The Bertz CT molecular complexity index is 780. The molecule has 4 nitrogen and oxygen atoms in total. The molecule has 0 amide bonds. The number of nitrogens with zero attached hydrogens (tertiary/aromatic N) is 2. The van der Waals surface area contributed by atoms with Crippen LogP contribution in [0.5, 0.6) is 0 Å². The molecule has 0 aliphatic carbocycles. The zero-order chi connectivity index (χ0) is 13.4. The number of hydrogen-bond donors (Lipinski definition) is 0. The Morgan fingerprint density at radius 3 is 3.00 bits per heavy atom. The van der Waals surface area contributed by atoms with Crippen LogP contribution in [0.3, 0.4) is 0 Å². The SMILES string of the molecule is Cc1c(Br)cccc1-c1nc2cc(C=O)cnc2o1. The fraction of sp³-hybridized carbons (Fsp3) is 0.0714. The molecule has 0 spiro atoms. The van der Waals surface area contributed by atoms with Crippen molar-refractivity contribution >= 4 is 33.4 Å². The fourth-order valence-electron chi connectivity index (χ4n) is 1.86. The number of aldehydes is 1. The molecule has 0 atom stereocenters. The van der Waals surface area contributed by atoms with Gasteiger partial charge >= 0.3 is 0 Å². The van der Waals surface area contributed by atoms with Crippen LogP contribution in [0.2, 0.25) is 0 Å². The lowest BCUT2D eigenvalue weighted by Crippen LogP contribution is -1.84. The summed E-state index contributed by atoms with van der Waals surface area (Å²) >= 11 is 3.48. The van der Waals surface area contributed by atoms with Gasteiger partial charge in [0.25, 0.3) is 0 Å². The van der Waals surface area contributed by atoms with Crippen molar-refractivity contribution in [2.75, 3.05) is 0 Å². The highest BCUT2D eigenvalue weighted by molar-refractivity contribution is 9.10. The van der Waals surface area contributed by atoms with Crippen LogP contribution in [-0.4, -0.2) is 16.3 Å². The van der Waals surface area contributed by atoms with Crippen LogP contribution in [0.15, 0.2) is 39.4 Å². The Labute approximate surface area is 117 Å². The van der Waals surface area contributed by atoms with Crippen LogP contribution in [0.4, 0.5) is 0 Å². The minimum atomic E-state index is 0.431. The van der Waals surface area contributed by atoms with Crippen molar-refractivity contribution < 1.29 is 9.21 Å². The van der Waals surface area contributed by atoms with E-state index in [1.807, 2.05) is 25.1 Å². The number of carbonyl (C=O) groups excluding carboxylic acids is 1. The Hall–Kier alpha value is -2.01. The number of fused-ring (bicyclic) bond motifs is 1. The van der Waals surface area contributed by atoms with Gasteiger partial charge < -0.3 is 4.42 Å². The molecule has 5 heteroatoms. The van der Waals surface area contributed by atoms with Crippen LogP contribution in [-0.2, 0) is 0 Å². The summed E-state index contributed by atoms with van der Waals surface area (Å²) in [5, 5.41) is 0. The molecule has 2 aromatic heterocycles. The van der Waals surface area contributed by atoms with E-state index < -0.39 is 0 Å². The minimum absolute atomic E-state index is 0.431. The van der Waals surface area contributed by atoms with Crippen molar-refractivity contribution in [3.8, 4) is 11.5 Å². The Kier molecular flexibility index (Phi) is 2.91. The third-order valence-corrected chi connectivity index (χ3v) is 3.76. The maximum absolute atomic E-state index is 10.7. The number of hydrogen-bond acceptors (Lipinski definition) is 4. The van der Waals surface area contributed by atoms with E-state index in [0.717, 1.165) is 21.9 Å². The predicted octanol–water partition coefficient (Wildman–Crippen LogP) is 3.77. The third-order valence-electron chi connectivity index (χ3n) is 2.90. The van der Waals surface area contributed by atoms with Gasteiger partial charge in [-0.2, -0.15) is 0 Å². The molecule has 19 heavy (non-hydrogen) atoms. The summed E-state index contributed by atoms with van der Waals surface area (Å²) in [7, 11) is 0. The third kappa shape index (κ3) is 2.06. The molecule has 0 saturated carbocycles. The minimum Gasteiger partial charge on any atom is -0.418 e. The Balaban J connectivity index is 2.20. The van der Waals surface area contributed by atoms with E-state index in [1.165, 1.54) is 6.20 Å². The average Bonchev–Trinajstić information content (AvgIpc) is 2.84. The molecule has 0 N–H and O–H groups in total. The molecule has 0 radical (unpaired) electrons. The summed E-state index contributed by atoms with van der Waals surface area (Å²) in [5.41, 5.74) is 3.45. The second-order valence-electron chi connectivity index (χ2n) is 4.14. The van der Waals surface area contributed by atoms with Crippen LogP contribution >= 0.6 is 15.9 Å². The molecule has 94 valence electrons. The first-order valence-electron chi connectivity index (χ1n) is 5.66. The van der Waals surface area contributed by atoms with E-state index in [1.54, 1.807) is 6.07 Å². The van der Waals surface area contributed by atoms with Gasteiger partial charge in [0, 0.05) is 21.8 Å². The van der Waals surface area contributed by atoms with Crippen LogP contribution in [0.25, 0.3) is 22.7 Å². The molecule has 0 fully saturated rings. The van der Waals surface area contributed by atoms with E-state index in [-0.39, 0.29) is 0 Å². The normalized spacial score (nSPS) is 10.8. The number of aromatic nitrogens is 2. The molecular formula is C14H9BrN2O2. The van der Waals surface area contributed by atoms with Gasteiger partial charge in [-0.3, -0.25) is 4.79 Å². The number of benzene rings is 1. The quantitative estimate of drug-likeness (QED) is 0.675. The van der Waals surface area contributed by atoms with Crippen molar-refractivity contribution in [2.24, 2.45) is 0 Å². The first-order valence-corrected chi connectivity index (χ1v) is 6.45. The van der Waals surface area contributed by atoms with Gasteiger partial charge in [-0.1, -0.05) is 22.0 Å². The van der Waals surface area contributed by atoms with Crippen molar-refractivity contribution in [3.05, 3.63) is 46.1 Å². The molecule has 2 heterocycles. The molecule has 3 rings (SSSR count). The van der Waals surface area contributed by atoms with E-state index >= 15 is 0 Å². The second-order valence-corrected chi connectivity index (χ2v) is 5.00. The summed E-state index contributed by atoms with van der Waals surface area (Å²) in [6.07, 6.45) is 2.21. The smallest absolute Gasteiger partial charge is 0.247 e. The summed E-state index contributed by atoms with van der Waals surface area (Å²) in [4.78, 5) is 19.2. The number of carbonyl (C=O) groups is 1. The van der Waals surface area contributed by atoms with Crippen LogP contribution in [0, 0.1) is 6.92 Å². The fourth-order valence-corrected chi connectivity index (χ4v) is 2.22. The first kappa shape index (κ1) is 12.0. The summed E-state index contributed by atoms with van der Waals surface area (Å²) in [5.74, 6) is 0.504. The number of pyridine rings is 1. The lowest BCUT2D eigenvalue weighted by molar-refractivity contribution is 0.112. The van der Waals surface area contributed by atoms with Crippen molar-refractivity contribution in [2.45, 2.75) is 6.92 Å². The molecule has 1 aromatic carbocycles. The monoisotopic (exact) mass is 316 g/mol. The van der Waals surface area contributed by atoms with Gasteiger partial charge in [-0.05, 0) is 30.7 Å². The molecule has 3 aromatic rings. The Morgan fingerprint density at radius 1 is 1.37 bits per heavy atom. The van der Waals surface area contributed by atoms with Crippen molar-refractivity contribution in [1.29, 1.82) is 0 Å². The maximum Gasteiger partial charge on any atom is 0.247 e. The van der Waals surface area contributed by atoms with E-state index in [9.17, 15) is 4.79 Å². The van der Waals surface area contributed by atoms with Crippen LogP contribution in [0.1, 0.15) is 15.9 Å². The average molecular weight is 317 g/mol. The highest BCUT2D eigenvalue weighted by atomic mass is 79.9. The summed E-state index contributed by atoms with van der Waals surface area (Å²) in [6, 6.07) is 7.48. The largest absolute Gasteiger partial charge is 0.418 e. The van der Waals surface area contributed by atoms with E-state index in [4.69, 9.17) is 4.42 Å². The Morgan fingerprint density at radius 2 is 2.21 bits per heavy atom. The second kappa shape index (κ2) is 4.59. The zero-order valence-corrected chi connectivity index (χ0v) is 11.6. The van der Waals surface area contributed by atoms with Gasteiger partial charge in [0.2, 0.25) is 11.6 Å². The maximum atomic E-state index is 10.7. The van der Waals surface area contributed by atoms with Gasteiger partial charge in [0.1, 0.15) is 5.52 Å². The lowest BCUT2D eigenvalue weighted by Gasteiger charge is -2.02. The van der Waals surface area contributed by atoms with E-state index in [0.29, 0.717) is 22.7 Å². The molecule has 0 unspecified atom stereocenters. The van der Waals surface area contributed by atoms with Gasteiger partial charge in [-0.25, -0.2) is 9.97 Å². The van der Waals surface area contributed by atoms with E-state index in [2.05, 4.69) is 25.9 Å². The number of rotatable bonds is 2. The topological polar surface area (TPSA) is 56.0 Å². The van der Waals surface area contributed by atoms with Gasteiger partial charge in [0.05, 0.1) is 0 Å². The van der Waals surface area contributed by atoms with Crippen LogP contribution < -0.4 is 0 Å². The highest BCUT2D eigenvalue weighted by Gasteiger charge is 2.12. The predicted molar refractivity (Wildman–Crippen MR) is 75.1 cm³/mol. The molecular weight excluding hydrogens is 308 g/mol. The first-order chi connectivity index (χ1) is 9.19. The van der Waals surface area contributed by atoms with Crippen molar-refractivity contribution in [3.63, 3.8) is 0 Å². The summed E-state index contributed by atoms with van der Waals surface area (Å²) in [6.45, 7) is 1.98. The number of oxazole rings is 1. The molecule has 0 aliphatic heterocycles. The van der Waals surface area contributed by atoms with Gasteiger partial charge in [0.15, 0.2) is 6.29 Å². The highest BCUT2D eigenvalue weighted by Crippen LogP contribution is 2.29. The summed E-state index contributed by atoms with van der Waals surface area (Å²) < 4.78 is 6.62. The lowest BCUT2D eigenvalue weighted by atomic mass is 10.1. The van der Waals surface area contributed by atoms with Crippen molar-refractivity contribution in [1.82, 2.24) is 9.97 Å². The molecule has 0 aliphatic rings.